The largest absolute Gasteiger partial charge is 0.492 e. The highest BCUT2D eigenvalue weighted by atomic mass is 32.1. The molecule has 160 valence electrons. The second-order valence-corrected chi connectivity index (χ2v) is 11.2. The molecule has 4 heteroatoms. The molecule has 2 aromatic rings. The number of carbonyl (C=O) groups is 1. The Labute approximate surface area is 183 Å². The number of aliphatic carboxylic acids is 1. The third kappa shape index (κ3) is 3.20. The first kappa shape index (κ1) is 21.2. The van der Waals surface area contributed by atoms with Gasteiger partial charge in [0.1, 0.15) is 12.4 Å². The molecule has 0 radical (unpaired) electrons. The van der Waals surface area contributed by atoms with Crippen LogP contribution < -0.4 is 4.74 Å². The molecule has 30 heavy (non-hydrogen) atoms. The van der Waals surface area contributed by atoms with E-state index in [0.29, 0.717) is 18.6 Å². The number of hydrogen-bond acceptors (Lipinski definition) is 3. The van der Waals surface area contributed by atoms with Gasteiger partial charge in [0.15, 0.2) is 0 Å². The van der Waals surface area contributed by atoms with Crippen LogP contribution in [-0.2, 0) is 21.0 Å². The molecule has 3 nitrogen and oxygen atoms in total. The van der Waals surface area contributed by atoms with Gasteiger partial charge in [-0.15, -0.1) is 11.3 Å². The first-order valence-corrected chi connectivity index (χ1v) is 11.7. The van der Waals surface area contributed by atoms with Gasteiger partial charge in [-0.1, -0.05) is 46.8 Å². The van der Waals surface area contributed by atoms with E-state index in [9.17, 15) is 9.90 Å². The molecule has 1 unspecified atom stereocenters. The van der Waals surface area contributed by atoms with Crippen LogP contribution in [0.4, 0.5) is 0 Å². The summed E-state index contributed by atoms with van der Waals surface area (Å²) in [6.45, 7) is 14.1. The van der Waals surface area contributed by atoms with Crippen molar-refractivity contribution in [1.29, 1.82) is 0 Å². The molecular formula is C26H32O3S. The van der Waals surface area contributed by atoms with Gasteiger partial charge >= 0.3 is 5.97 Å². The van der Waals surface area contributed by atoms with Gasteiger partial charge in [-0.2, -0.15) is 0 Å². The summed E-state index contributed by atoms with van der Waals surface area (Å²) in [6.07, 6.45) is 4.85. The van der Waals surface area contributed by atoms with E-state index in [4.69, 9.17) is 4.74 Å². The zero-order valence-corrected chi connectivity index (χ0v) is 19.7. The van der Waals surface area contributed by atoms with Crippen molar-refractivity contribution in [2.75, 3.05) is 6.61 Å². The van der Waals surface area contributed by atoms with Crippen LogP contribution in [0.1, 0.15) is 87.9 Å². The number of ether oxygens (including phenoxy) is 1. The Hall–Kier alpha value is -2.07. The van der Waals surface area contributed by atoms with E-state index in [1.54, 1.807) is 17.4 Å². The molecule has 1 aromatic carbocycles. The summed E-state index contributed by atoms with van der Waals surface area (Å²) in [5.74, 6) is 0.118. The summed E-state index contributed by atoms with van der Waals surface area (Å²) >= 11 is 1.63. The Morgan fingerprint density at radius 3 is 2.30 bits per heavy atom. The predicted molar refractivity (Wildman–Crippen MR) is 124 cm³/mol. The van der Waals surface area contributed by atoms with Crippen molar-refractivity contribution in [2.24, 2.45) is 0 Å². The number of fused-ring (bicyclic) bond motifs is 2. The fourth-order valence-corrected chi connectivity index (χ4v) is 6.02. The molecule has 1 N–H and O–H groups in total. The summed E-state index contributed by atoms with van der Waals surface area (Å²) in [7, 11) is 0. The van der Waals surface area contributed by atoms with Crippen LogP contribution in [0.5, 0.6) is 5.75 Å². The maximum atomic E-state index is 11.7. The molecule has 0 fully saturated rings. The number of thiophene rings is 1. The lowest BCUT2D eigenvalue weighted by atomic mass is 9.62. The van der Waals surface area contributed by atoms with Crippen molar-refractivity contribution in [3.05, 3.63) is 56.8 Å². The van der Waals surface area contributed by atoms with Gasteiger partial charge in [-0.25, -0.2) is 4.79 Å². The monoisotopic (exact) mass is 424 g/mol. The van der Waals surface area contributed by atoms with Crippen LogP contribution in [-0.4, -0.2) is 17.7 Å². The number of carboxylic acids is 1. The molecule has 2 heterocycles. The van der Waals surface area contributed by atoms with Gasteiger partial charge in [0.2, 0.25) is 0 Å². The zero-order chi connectivity index (χ0) is 21.9. The molecule has 0 bridgehead atoms. The SMILES string of the molecule is CCC=C(C(=O)O)c1csc(C2(C)COc3cc4c(cc32)C(C)(C)CCC4(C)C)c1. The van der Waals surface area contributed by atoms with E-state index in [-0.39, 0.29) is 16.2 Å². The first-order chi connectivity index (χ1) is 14.0. The fourth-order valence-electron chi connectivity index (χ4n) is 4.95. The van der Waals surface area contributed by atoms with Crippen molar-refractivity contribution < 1.29 is 14.6 Å². The Morgan fingerprint density at radius 1 is 1.07 bits per heavy atom. The van der Waals surface area contributed by atoms with Gasteiger partial charge in [0.25, 0.3) is 0 Å². The zero-order valence-electron chi connectivity index (χ0n) is 18.9. The van der Waals surface area contributed by atoms with Crippen molar-refractivity contribution in [3.8, 4) is 5.75 Å². The number of rotatable bonds is 4. The maximum Gasteiger partial charge on any atom is 0.335 e. The molecule has 0 saturated carbocycles. The smallest absolute Gasteiger partial charge is 0.335 e. The van der Waals surface area contributed by atoms with E-state index >= 15 is 0 Å². The first-order valence-electron chi connectivity index (χ1n) is 10.8. The lowest BCUT2D eigenvalue weighted by molar-refractivity contribution is -0.130. The molecule has 1 aliphatic heterocycles. The number of hydrogen-bond donors (Lipinski definition) is 1. The summed E-state index contributed by atoms with van der Waals surface area (Å²) in [4.78, 5) is 12.9. The van der Waals surface area contributed by atoms with Gasteiger partial charge in [0, 0.05) is 10.4 Å². The third-order valence-corrected chi connectivity index (χ3v) is 8.35. The van der Waals surface area contributed by atoms with Crippen molar-refractivity contribution in [3.63, 3.8) is 0 Å². The molecule has 4 rings (SSSR count). The fraction of sp³-hybridized carbons (Fsp3) is 0.500. The lowest BCUT2D eigenvalue weighted by Crippen LogP contribution is -2.34. The van der Waals surface area contributed by atoms with Crippen LogP contribution in [0.3, 0.4) is 0 Å². The van der Waals surface area contributed by atoms with Gasteiger partial charge in [0.05, 0.1) is 11.0 Å². The molecule has 0 amide bonds. The molecule has 0 spiro atoms. The average molecular weight is 425 g/mol. The summed E-state index contributed by atoms with van der Waals surface area (Å²) in [5, 5.41) is 11.6. The Balaban J connectivity index is 1.82. The number of carboxylic acid groups (broad SMARTS) is 1. The molecular weight excluding hydrogens is 392 g/mol. The molecule has 1 atom stereocenters. The minimum Gasteiger partial charge on any atom is -0.492 e. The minimum absolute atomic E-state index is 0.143. The highest BCUT2D eigenvalue weighted by molar-refractivity contribution is 7.10. The van der Waals surface area contributed by atoms with Gasteiger partial charge in [-0.3, -0.25) is 0 Å². The molecule has 0 saturated heterocycles. The van der Waals surface area contributed by atoms with Gasteiger partial charge < -0.3 is 9.84 Å². The molecule has 1 aliphatic carbocycles. The standard InChI is InChI=1S/C26H32O3S/c1-7-8-17(23(27)28)16-11-22(30-14-16)26(6)15-29-21-13-19-18(12-20(21)26)24(2,3)9-10-25(19,4)5/h8,11-14H,7,9-10,15H2,1-6H3,(H,27,28). The van der Waals surface area contributed by atoms with Crippen LogP contribution in [0.25, 0.3) is 5.57 Å². The van der Waals surface area contributed by atoms with E-state index in [0.717, 1.165) is 16.2 Å². The maximum absolute atomic E-state index is 11.7. The number of benzene rings is 1. The second kappa shape index (κ2) is 6.98. The third-order valence-electron chi connectivity index (χ3n) is 7.16. The van der Waals surface area contributed by atoms with Crippen LogP contribution in [0.2, 0.25) is 0 Å². The van der Waals surface area contributed by atoms with Crippen LogP contribution in [0, 0.1) is 0 Å². The molecule has 1 aromatic heterocycles. The summed E-state index contributed by atoms with van der Waals surface area (Å²) < 4.78 is 6.24. The number of allylic oxidation sites excluding steroid dienone is 1. The predicted octanol–water partition coefficient (Wildman–Crippen LogP) is 6.67. The average Bonchev–Trinajstić information content (AvgIpc) is 3.29. The van der Waals surface area contributed by atoms with Crippen molar-refractivity contribution >= 4 is 22.9 Å². The quantitative estimate of drug-likeness (QED) is 0.557. The topological polar surface area (TPSA) is 46.5 Å². The molecule has 2 aliphatic rings. The highest BCUT2D eigenvalue weighted by Crippen LogP contribution is 2.53. The normalized spacial score (nSPS) is 24.1. The van der Waals surface area contributed by atoms with E-state index in [1.165, 1.54) is 29.5 Å². The van der Waals surface area contributed by atoms with Gasteiger partial charge in [-0.05, 0) is 71.2 Å². The second-order valence-electron chi connectivity index (χ2n) is 10.3. The summed E-state index contributed by atoms with van der Waals surface area (Å²) in [5.41, 5.74) is 5.28. The van der Waals surface area contributed by atoms with Crippen LogP contribution >= 0.6 is 11.3 Å². The Bertz CT molecular complexity index is 1040. The van der Waals surface area contributed by atoms with E-state index in [1.807, 2.05) is 18.4 Å². The van der Waals surface area contributed by atoms with E-state index in [2.05, 4.69) is 46.8 Å². The van der Waals surface area contributed by atoms with E-state index < -0.39 is 5.97 Å². The Morgan fingerprint density at radius 2 is 1.70 bits per heavy atom. The lowest BCUT2D eigenvalue weighted by Gasteiger charge is -2.42. The van der Waals surface area contributed by atoms with Crippen LogP contribution in [0.15, 0.2) is 29.7 Å². The summed E-state index contributed by atoms with van der Waals surface area (Å²) in [6, 6.07) is 6.72. The van der Waals surface area contributed by atoms with Crippen molar-refractivity contribution in [1.82, 2.24) is 0 Å². The minimum atomic E-state index is -0.868. The van der Waals surface area contributed by atoms with Crippen molar-refractivity contribution in [2.45, 2.75) is 77.0 Å². The Kier molecular flexibility index (Phi) is 4.93. The highest BCUT2D eigenvalue weighted by Gasteiger charge is 2.44.